The SMILES string of the molecule is Cc1ccc(C(=C(C#N)c2ccccc2)c2ccccc2)cc1. The number of rotatable bonds is 3. The highest BCUT2D eigenvalue weighted by Gasteiger charge is 2.13. The molecule has 110 valence electrons. The van der Waals surface area contributed by atoms with Gasteiger partial charge in [0, 0.05) is 5.57 Å². The Kier molecular flexibility index (Phi) is 4.36. The van der Waals surface area contributed by atoms with Gasteiger partial charge in [-0.2, -0.15) is 5.26 Å². The van der Waals surface area contributed by atoms with Crippen molar-refractivity contribution in [3.05, 3.63) is 107 Å². The molecular weight excluding hydrogens is 278 g/mol. The topological polar surface area (TPSA) is 23.8 Å². The minimum atomic E-state index is 0.695. The number of nitriles is 1. The zero-order valence-electron chi connectivity index (χ0n) is 13.0. The van der Waals surface area contributed by atoms with Crippen molar-refractivity contribution in [2.75, 3.05) is 0 Å². The molecule has 0 amide bonds. The third kappa shape index (κ3) is 3.22. The maximum absolute atomic E-state index is 9.82. The number of allylic oxidation sites excluding steroid dienone is 1. The Morgan fingerprint density at radius 3 is 1.65 bits per heavy atom. The number of benzene rings is 3. The van der Waals surface area contributed by atoms with Crippen LogP contribution in [0.15, 0.2) is 84.9 Å². The van der Waals surface area contributed by atoms with Crippen molar-refractivity contribution < 1.29 is 0 Å². The van der Waals surface area contributed by atoms with Crippen LogP contribution in [0, 0.1) is 18.3 Å². The van der Waals surface area contributed by atoms with E-state index >= 15 is 0 Å². The van der Waals surface area contributed by atoms with Crippen LogP contribution >= 0.6 is 0 Å². The van der Waals surface area contributed by atoms with E-state index in [0.717, 1.165) is 22.3 Å². The molecular formula is C22H17N. The molecule has 3 aromatic rings. The van der Waals surface area contributed by atoms with Crippen LogP contribution in [-0.4, -0.2) is 0 Å². The lowest BCUT2D eigenvalue weighted by Gasteiger charge is -2.12. The Bertz CT molecular complexity index is 851. The van der Waals surface area contributed by atoms with Gasteiger partial charge in [0.1, 0.15) is 6.07 Å². The highest BCUT2D eigenvalue weighted by molar-refractivity contribution is 6.03. The van der Waals surface area contributed by atoms with Crippen molar-refractivity contribution in [3.8, 4) is 6.07 Å². The first-order chi connectivity index (χ1) is 11.3. The number of hydrogen-bond acceptors (Lipinski definition) is 1. The largest absolute Gasteiger partial charge is 0.192 e. The van der Waals surface area contributed by atoms with Crippen LogP contribution in [-0.2, 0) is 0 Å². The van der Waals surface area contributed by atoms with Crippen molar-refractivity contribution in [2.45, 2.75) is 6.92 Å². The van der Waals surface area contributed by atoms with Crippen LogP contribution in [0.4, 0.5) is 0 Å². The Morgan fingerprint density at radius 1 is 0.652 bits per heavy atom. The highest BCUT2D eigenvalue weighted by Crippen LogP contribution is 2.32. The lowest BCUT2D eigenvalue weighted by atomic mass is 9.90. The van der Waals surface area contributed by atoms with Gasteiger partial charge in [0.15, 0.2) is 0 Å². The molecule has 0 aliphatic heterocycles. The molecule has 3 aromatic carbocycles. The lowest BCUT2D eigenvalue weighted by Crippen LogP contribution is -1.94. The monoisotopic (exact) mass is 295 g/mol. The average molecular weight is 295 g/mol. The van der Waals surface area contributed by atoms with Crippen molar-refractivity contribution in [3.63, 3.8) is 0 Å². The van der Waals surface area contributed by atoms with Gasteiger partial charge in [-0.05, 0) is 23.6 Å². The summed E-state index contributed by atoms with van der Waals surface area (Å²) in [6.45, 7) is 2.07. The fourth-order valence-corrected chi connectivity index (χ4v) is 2.65. The second-order valence-electron chi connectivity index (χ2n) is 5.46. The molecule has 0 atom stereocenters. The minimum Gasteiger partial charge on any atom is -0.192 e. The van der Waals surface area contributed by atoms with E-state index in [1.54, 1.807) is 0 Å². The molecule has 0 saturated carbocycles. The molecule has 0 saturated heterocycles. The van der Waals surface area contributed by atoms with E-state index in [0.29, 0.717) is 5.57 Å². The summed E-state index contributed by atoms with van der Waals surface area (Å²) in [7, 11) is 0. The predicted octanol–water partition coefficient (Wildman–Crippen LogP) is 5.48. The van der Waals surface area contributed by atoms with Gasteiger partial charge >= 0.3 is 0 Å². The first-order valence-electron chi connectivity index (χ1n) is 7.62. The minimum absolute atomic E-state index is 0.695. The maximum Gasteiger partial charge on any atom is 0.100 e. The molecule has 23 heavy (non-hydrogen) atoms. The van der Waals surface area contributed by atoms with Crippen molar-refractivity contribution in [1.82, 2.24) is 0 Å². The first-order valence-corrected chi connectivity index (χ1v) is 7.62. The van der Waals surface area contributed by atoms with Gasteiger partial charge in [-0.25, -0.2) is 0 Å². The molecule has 3 rings (SSSR count). The third-order valence-corrected chi connectivity index (χ3v) is 3.83. The number of hydrogen-bond donors (Lipinski definition) is 0. The van der Waals surface area contributed by atoms with Gasteiger partial charge in [0.05, 0.1) is 5.57 Å². The molecule has 0 bridgehead atoms. The first kappa shape index (κ1) is 14.8. The molecule has 0 unspecified atom stereocenters. The second kappa shape index (κ2) is 6.77. The standard InChI is InChI=1S/C22H17N/c1-17-12-14-20(15-13-17)22(19-10-6-3-7-11-19)21(16-23)18-8-4-2-5-9-18/h2-15H,1H3. The summed E-state index contributed by atoms with van der Waals surface area (Å²) < 4.78 is 0. The molecule has 0 aromatic heterocycles. The molecule has 0 aliphatic rings. The highest BCUT2D eigenvalue weighted by atomic mass is 14.3. The van der Waals surface area contributed by atoms with E-state index in [2.05, 4.69) is 49.4 Å². The van der Waals surface area contributed by atoms with E-state index in [1.165, 1.54) is 5.56 Å². The van der Waals surface area contributed by atoms with Gasteiger partial charge < -0.3 is 0 Å². The fraction of sp³-hybridized carbons (Fsp3) is 0.0455. The van der Waals surface area contributed by atoms with E-state index in [4.69, 9.17) is 0 Å². The van der Waals surface area contributed by atoms with E-state index in [1.807, 2.05) is 48.5 Å². The van der Waals surface area contributed by atoms with Gasteiger partial charge in [0.25, 0.3) is 0 Å². The van der Waals surface area contributed by atoms with Crippen molar-refractivity contribution in [2.24, 2.45) is 0 Å². The molecule has 1 nitrogen and oxygen atoms in total. The van der Waals surface area contributed by atoms with Crippen LogP contribution in [0.1, 0.15) is 22.3 Å². The van der Waals surface area contributed by atoms with Crippen LogP contribution in [0.3, 0.4) is 0 Å². The van der Waals surface area contributed by atoms with Crippen LogP contribution in [0.2, 0.25) is 0 Å². The summed E-state index contributed by atoms with van der Waals surface area (Å²) >= 11 is 0. The van der Waals surface area contributed by atoms with Gasteiger partial charge in [-0.15, -0.1) is 0 Å². The zero-order valence-corrected chi connectivity index (χ0v) is 13.0. The van der Waals surface area contributed by atoms with E-state index in [-0.39, 0.29) is 0 Å². The summed E-state index contributed by atoms with van der Waals surface area (Å²) in [5, 5.41) is 9.82. The molecule has 0 fully saturated rings. The van der Waals surface area contributed by atoms with Gasteiger partial charge in [-0.1, -0.05) is 90.5 Å². The average Bonchev–Trinajstić information content (AvgIpc) is 2.62. The smallest absolute Gasteiger partial charge is 0.100 e. The molecule has 0 heterocycles. The van der Waals surface area contributed by atoms with E-state index < -0.39 is 0 Å². The summed E-state index contributed by atoms with van der Waals surface area (Å²) in [6.07, 6.45) is 0. The number of aryl methyl sites for hydroxylation is 1. The van der Waals surface area contributed by atoms with Gasteiger partial charge in [-0.3, -0.25) is 0 Å². The second-order valence-corrected chi connectivity index (χ2v) is 5.46. The van der Waals surface area contributed by atoms with E-state index in [9.17, 15) is 5.26 Å². The predicted molar refractivity (Wildman–Crippen MR) is 95.6 cm³/mol. The molecule has 0 radical (unpaired) electrons. The summed E-state index contributed by atoms with van der Waals surface area (Å²) in [5.74, 6) is 0. The lowest BCUT2D eigenvalue weighted by molar-refractivity contribution is 1.44. The third-order valence-electron chi connectivity index (χ3n) is 3.83. The van der Waals surface area contributed by atoms with Gasteiger partial charge in [0.2, 0.25) is 0 Å². The Morgan fingerprint density at radius 2 is 1.13 bits per heavy atom. The zero-order chi connectivity index (χ0) is 16.1. The molecule has 0 spiro atoms. The van der Waals surface area contributed by atoms with Crippen molar-refractivity contribution >= 4 is 11.1 Å². The summed E-state index contributed by atoms with van der Waals surface area (Å²) in [5.41, 5.74) is 5.92. The molecule has 1 heteroatoms. The summed E-state index contributed by atoms with van der Waals surface area (Å²) in [4.78, 5) is 0. The van der Waals surface area contributed by atoms with Crippen molar-refractivity contribution in [1.29, 1.82) is 5.26 Å². The Hall–Kier alpha value is -3.11. The van der Waals surface area contributed by atoms with Crippen LogP contribution in [0.25, 0.3) is 11.1 Å². The molecule has 0 aliphatic carbocycles. The molecule has 0 N–H and O–H groups in total. The quantitative estimate of drug-likeness (QED) is 0.464. The fourth-order valence-electron chi connectivity index (χ4n) is 2.65. The van der Waals surface area contributed by atoms with Crippen LogP contribution < -0.4 is 0 Å². The Labute approximate surface area is 137 Å². The summed E-state index contributed by atoms with van der Waals surface area (Å²) in [6, 6.07) is 30.7. The van der Waals surface area contributed by atoms with Crippen LogP contribution in [0.5, 0.6) is 0 Å². The normalized spacial score (nSPS) is 11.5. The number of nitrogens with zero attached hydrogens (tertiary/aromatic N) is 1. The maximum atomic E-state index is 9.82. The Balaban J connectivity index is 2.29.